The van der Waals surface area contributed by atoms with E-state index in [9.17, 15) is 9.59 Å². The molecule has 0 saturated carbocycles. The Hall–Kier alpha value is -3.92. The fraction of sp³-hybridized carbons (Fsp3) is 0.360. The first kappa shape index (κ1) is 21.6. The minimum absolute atomic E-state index is 0.00171. The van der Waals surface area contributed by atoms with Gasteiger partial charge in [0.05, 0.1) is 18.8 Å². The zero-order chi connectivity index (χ0) is 23.9. The first-order valence-corrected chi connectivity index (χ1v) is 11.6. The molecule has 2 amide bonds. The maximum absolute atomic E-state index is 12.8. The minimum Gasteiger partial charge on any atom is -0.497 e. The van der Waals surface area contributed by atoms with Gasteiger partial charge in [-0.05, 0) is 43.2 Å². The predicted octanol–water partition coefficient (Wildman–Crippen LogP) is 1.78. The lowest BCUT2D eigenvalue weighted by Crippen LogP contribution is -2.44. The molecular formula is C25H25N5O5. The lowest BCUT2D eigenvalue weighted by atomic mass is 9.98. The maximum atomic E-state index is 12.8. The zero-order valence-electron chi connectivity index (χ0n) is 19.2. The number of rotatable bonds is 4. The molecule has 3 aromatic rings. The van der Waals surface area contributed by atoms with Crippen molar-refractivity contribution in [2.75, 3.05) is 38.7 Å². The van der Waals surface area contributed by atoms with E-state index in [0.29, 0.717) is 12.4 Å². The highest BCUT2D eigenvalue weighted by Crippen LogP contribution is 2.34. The van der Waals surface area contributed by atoms with E-state index >= 15 is 0 Å². The highest BCUT2D eigenvalue weighted by Gasteiger charge is 2.33. The van der Waals surface area contributed by atoms with Gasteiger partial charge in [-0.15, -0.1) is 0 Å². The van der Waals surface area contributed by atoms with Crippen molar-refractivity contribution in [2.45, 2.75) is 24.9 Å². The second-order valence-electron chi connectivity index (χ2n) is 8.99. The number of carbonyl (C=O) groups excluding carboxylic acids is 2. The van der Waals surface area contributed by atoms with E-state index in [2.05, 4.69) is 25.5 Å². The number of nitrogens with one attached hydrogen (secondary N) is 2. The summed E-state index contributed by atoms with van der Waals surface area (Å²) < 4.78 is 16.8. The summed E-state index contributed by atoms with van der Waals surface area (Å²) in [7, 11) is 1.66. The first-order chi connectivity index (χ1) is 17.1. The Bertz CT molecular complexity index is 1320. The summed E-state index contributed by atoms with van der Waals surface area (Å²) in [6.45, 7) is 2.12. The highest BCUT2D eigenvalue weighted by molar-refractivity contribution is 5.97. The van der Waals surface area contributed by atoms with Crippen LogP contribution in [0.3, 0.4) is 0 Å². The standard InChI is InChI=1S/C25H25N5O5/c1-33-16-2-3-19-17(9-16)18-8-15(12-34-22(18)10-26-19)30-7-6-14(11-30)27-25(32)20-4-5-21-24(28-20)29-23(31)13-35-21/h2-5,9-10,14-15H,6-8,11-13H2,1H3,(H,27,32)(H,28,29,31). The number of carbonyl (C=O) groups is 2. The number of anilines is 1. The Morgan fingerprint density at radius 3 is 3.03 bits per heavy atom. The molecule has 10 nitrogen and oxygen atoms in total. The summed E-state index contributed by atoms with van der Waals surface area (Å²) in [4.78, 5) is 35.5. The van der Waals surface area contributed by atoms with Gasteiger partial charge in [-0.3, -0.25) is 19.5 Å². The summed E-state index contributed by atoms with van der Waals surface area (Å²) in [6, 6.07) is 9.36. The number of fused-ring (bicyclic) bond motifs is 4. The third kappa shape index (κ3) is 4.10. The Morgan fingerprint density at radius 2 is 2.14 bits per heavy atom. The summed E-state index contributed by atoms with van der Waals surface area (Å²) in [5.41, 5.74) is 2.30. The van der Waals surface area contributed by atoms with Crippen molar-refractivity contribution in [3.63, 3.8) is 0 Å². The average molecular weight is 476 g/mol. The van der Waals surface area contributed by atoms with Crippen LogP contribution in [0.25, 0.3) is 10.9 Å². The number of methoxy groups -OCH3 is 1. The summed E-state index contributed by atoms with van der Waals surface area (Å²) in [5, 5.41) is 6.77. The predicted molar refractivity (Wildman–Crippen MR) is 127 cm³/mol. The summed E-state index contributed by atoms with van der Waals surface area (Å²) >= 11 is 0. The average Bonchev–Trinajstić information content (AvgIpc) is 3.35. The summed E-state index contributed by atoms with van der Waals surface area (Å²) in [5.74, 6) is 1.80. The van der Waals surface area contributed by atoms with E-state index < -0.39 is 0 Å². The molecule has 0 bridgehead atoms. The smallest absolute Gasteiger partial charge is 0.270 e. The topological polar surface area (TPSA) is 115 Å². The van der Waals surface area contributed by atoms with Crippen molar-refractivity contribution in [1.29, 1.82) is 0 Å². The second kappa shape index (κ2) is 8.70. The molecule has 0 aliphatic carbocycles. The largest absolute Gasteiger partial charge is 0.497 e. The molecule has 1 aromatic carbocycles. The molecule has 1 saturated heterocycles. The van der Waals surface area contributed by atoms with Gasteiger partial charge in [0, 0.05) is 36.1 Å². The van der Waals surface area contributed by atoms with Gasteiger partial charge in [0.25, 0.3) is 11.8 Å². The maximum Gasteiger partial charge on any atom is 0.270 e. The number of hydrogen-bond donors (Lipinski definition) is 2. The van der Waals surface area contributed by atoms with Crippen LogP contribution in [0.5, 0.6) is 17.2 Å². The quantitative estimate of drug-likeness (QED) is 0.587. The van der Waals surface area contributed by atoms with E-state index in [4.69, 9.17) is 14.2 Å². The molecule has 2 aromatic heterocycles. The van der Waals surface area contributed by atoms with Crippen LogP contribution in [0.1, 0.15) is 22.5 Å². The number of amides is 2. The SMILES string of the molecule is COc1ccc2ncc3c(c2c1)CC(N1CCC(NC(=O)c2ccc4c(n2)NC(=O)CO4)C1)CO3. The van der Waals surface area contributed by atoms with Gasteiger partial charge >= 0.3 is 0 Å². The Balaban J connectivity index is 1.13. The van der Waals surface area contributed by atoms with Gasteiger partial charge in [0.15, 0.2) is 18.2 Å². The van der Waals surface area contributed by atoms with Crippen LogP contribution < -0.4 is 24.8 Å². The molecule has 180 valence electrons. The molecule has 0 spiro atoms. The van der Waals surface area contributed by atoms with Gasteiger partial charge in [-0.25, -0.2) is 4.98 Å². The number of pyridine rings is 2. The van der Waals surface area contributed by atoms with Crippen molar-refractivity contribution in [2.24, 2.45) is 0 Å². The van der Waals surface area contributed by atoms with Crippen LogP contribution in [-0.2, 0) is 11.2 Å². The lowest BCUT2D eigenvalue weighted by Gasteiger charge is -2.32. The Labute approximate surface area is 201 Å². The van der Waals surface area contributed by atoms with E-state index in [1.54, 1.807) is 25.4 Å². The number of ether oxygens (including phenoxy) is 3. The van der Waals surface area contributed by atoms with E-state index in [0.717, 1.165) is 53.9 Å². The second-order valence-corrected chi connectivity index (χ2v) is 8.99. The Kier molecular flexibility index (Phi) is 5.37. The van der Waals surface area contributed by atoms with Crippen LogP contribution in [0.2, 0.25) is 0 Å². The third-order valence-corrected chi connectivity index (χ3v) is 6.80. The van der Waals surface area contributed by atoms with Gasteiger partial charge < -0.3 is 24.8 Å². The fourth-order valence-electron chi connectivity index (χ4n) is 4.97. The van der Waals surface area contributed by atoms with Crippen LogP contribution in [0, 0.1) is 0 Å². The zero-order valence-corrected chi connectivity index (χ0v) is 19.2. The van der Waals surface area contributed by atoms with E-state index in [1.165, 1.54) is 0 Å². The van der Waals surface area contributed by atoms with Gasteiger partial charge in [0.1, 0.15) is 23.8 Å². The molecule has 3 aliphatic rings. The van der Waals surface area contributed by atoms with Crippen LogP contribution >= 0.6 is 0 Å². The molecule has 2 N–H and O–H groups in total. The van der Waals surface area contributed by atoms with Crippen LogP contribution in [0.4, 0.5) is 5.82 Å². The molecule has 6 rings (SSSR count). The number of hydrogen-bond acceptors (Lipinski definition) is 8. The molecule has 2 unspecified atom stereocenters. The van der Waals surface area contributed by atoms with Crippen LogP contribution in [0.15, 0.2) is 36.5 Å². The molecule has 1 fully saturated rings. The number of nitrogens with zero attached hydrogens (tertiary/aromatic N) is 3. The van der Waals surface area contributed by atoms with Crippen molar-refractivity contribution >= 4 is 28.5 Å². The van der Waals surface area contributed by atoms with Crippen molar-refractivity contribution in [3.8, 4) is 17.2 Å². The minimum atomic E-state index is -0.285. The molecule has 5 heterocycles. The normalized spacial score (nSPS) is 21.3. The Morgan fingerprint density at radius 1 is 1.23 bits per heavy atom. The lowest BCUT2D eigenvalue weighted by molar-refractivity contribution is -0.118. The monoisotopic (exact) mass is 475 g/mol. The van der Waals surface area contributed by atoms with Crippen LogP contribution in [-0.4, -0.2) is 72.2 Å². The third-order valence-electron chi connectivity index (χ3n) is 6.80. The van der Waals surface area contributed by atoms with Gasteiger partial charge in [-0.2, -0.15) is 0 Å². The van der Waals surface area contributed by atoms with Gasteiger partial charge in [0.2, 0.25) is 0 Å². The van der Waals surface area contributed by atoms with Gasteiger partial charge in [-0.1, -0.05) is 0 Å². The summed E-state index contributed by atoms with van der Waals surface area (Å²) in [6.07, 6.45) is 3.48. The van der Waals surface area contributed by atoms with E-state index in [1.807, 2.05) is 18.2 Å². The molecule has 10 heteroatoms. The number of benzene rings is 1. The van der Waals surface area contributed by atoms with Crippen molar-refractivity contribution in [1.82, 2.24) is 20.2 Å². The number of likely N-dealkylation sites (tertiary alicyclic amines) is 1. The molecule has 3 aliphatic heterocycles. The highest BCUT2D eigenvalue weighted by atomic mass is 16.5. The number of aromatic nitrogens is 2. The molecule has 2 atom stereocenters. The molecular weight excluding hydrogens is 450 g/mol. The molecule has 35 heavy (non-hydrogen) atoms. The fourth-order valence-corrected chi connectivity index (χ4v) is 4.97. The van der Waals surface area contributed by atoms with Crippen molar-refractivity contribution in [3.05, 3.63) is 47.8 Å². The van der Waals surface area contributed by atoms with Crippen molar-refractivity contribution < 1.29 is 23.8 Å². The molecule has 0 radical (unpaired) electrons. The van der Waals surface area contributed by atoms with E-state index in [-0.39, 0.29) is 42.0 Å². The first-order valence-electron chi connectivity index (χ1n) is 11.6.